The molecule has 1 fully saturated rings. The van der Waals surface area contributed by atoms with Crippen LogP contribution in [0.25, 0.3) is 0 Å². The number of epoxide rings is 1. The van der Waals surface area contributed by atoms with E-state index in [4.69, 9.17) is 28.7 Å². The van der Waals surface area contributed by atoms with Gasteiger partial charge in [0, 0.05) is 7.11 Å². The maximum absolute atomic E-state index is 6.44. The van der Waals surface area contributed by atoms with E-state index in [1.54, 1.807) is 21.3 Å². The third-order valence-corrected chi connectivity index (χ3v) is 6.23. The van der Waals surface area contributed by atoms with Crippen LogP contribution in [0, 0.1) is 0 Å². The SMILES string of the molecule is COC[C@@H]1N=C(C2OC2(c2ccc(OC)cc2)c2ccc(OC)cc2)O[C@H]1c1ccccc1. The second-order valence-corrected chi connectivity index (χ2v) is 8.13. The van der Waals surface area contributed by atoms with Gasteiger partial charge >= 0.3 is 0 Å². The molecule has 6 heteroatoms. The first-order valence-electron chi connectivity index (χ1n) is 10.9. The molecule has 5 rings (SSSR count). The molecule has 33 heavy (non-hydrogen) atoms. The van der Waals surface area contributed by atoms with Crippen molar-refractivity contribution >= 4 is 5.90 Å². The van der Waals surface area contributed by atoms with E-state index in [0.717, 1.165) is 28.2 Å². The number of benzene rings is 3. The van der Waals surface area contributed by atoms with Crippen molar-refractivity contribution in [3.05, 3.63) is 95.6 Å². The second kappa shape index (κ2) is 8.89. The molecule has 0 bridgehead atoms. The van der Waals surface area contributed by atoms with E-state index in [1.807, 2.05) is 66.7 Å². The summed E-state index contributed by atoms with van der Waals surface area (Å²) in [6.07, 6.45) is -0.554. The number of hydrogen-bond donors (Lipinski definition) is 0. The van der Waals surface area contributed by atoms with E-state index in [9.17, 15) is 0 Å². The molecule has 1 saturated heterocycles. The summed E-state index contributed by atoms with van der Waals surface area (Å²) in [7, 11) is 5.00. The molecule has 0 amide bonds. The Balaban J connectivity index is 1.50. The highest BCUT2D eigenvalue weighted by Crippen LogP contribution is 2.54. The van der Waals surface area contributed by atoms with Crippen LogP contribution in [0.15, 0.2) is 83.9 Å². The van der Waals surface area contributed by atoms with Crippen LogP contribution < -0.4 is 9.47 Å². The molecular weight excluding hydrogens is 418 g/mol. The molecule has 2 aliphatic rings. The highest BCUT2D eigenvalue weighted by atomic mass is 16.6. The smallest absolute Gasteiger partial charge is 0.218 e. The summed E-state index contributed by atoms with van der Waals surface area (Å²) < 4.78 is 29.0. The van der Waals surface area contributed by atoms with Crippen molar-refractivity contribution in [2.24, 2.45) is 4.99 Å². The number of nitrogens with zero attached hydrogens (tertiary/aromatic N) is 1. The van der Waals surface area contributed by atoms with Crippen molar-refractivity contribution in [2.45, 2.75) is 23.9 Å². The molecule has 170 valence electrons. The topological polar surface area (TPSA) is 61.8 Å². The number of rotatable bonds is 8. The van der Waals surface area contributed by atoms with Crippen LogP contribution in [0.5, 0.6) is 11.5 Å². The Kier molecular flexibility index (Phi) is 5.79. The molecule has 0 saturated carbocycles. The Labute approximate surface area is 193 Å². The molecule has 2 aliphatic heterocycles. The molecule has 3 atom stereocenters. The van der Waals surface area contributed by atoms with Gasteiger partial charge in [-0.25, -0.2) is 4.99 Å². The van der Waals surface area contributed by atoms with Crippen LogP contribution in [-0.4, -0.2) is 46.0 Å². The molecule has 3 aromatic rings. The van der Waals surface area contributed by atoms with Gasteiger partial charge in [0.2, 0.25) is 5.90 Å². The van der Waals surface area contributed by atoms with Gasteiger partial charge in [0.25, 0.3) is 0 Å². The molecule has 1 unspecified atom stereocenters. The van der Waals surface area contributed by atoms with Crippen molar-refractivity contribution in [3.8, 4) is 11.5 Å². The lowest BCUT2D eigenvalue weighted by molar-refractivity contribution is 0.118. The minimum absolute atomic E-state index is 0.138. The van der Waals surface area contributed by atoms with Gasteiger partial charge in [-0.05, 0) is 41.0 Å². The predicted molar refractivity (Wildman–Crippen MR) is 125 cm³/mol. The Bertz CT molecular complexity index is 1060. The monoisotopic (exact) mass is 445 g/mol. The summed E-state index contributed by atoms with van der Waals surface area (Å²) >= 11 is 0. The quantitative estimate of drug-likeness (QED) is 0.477. The maximum Gasteiger partial charge on any atom is 0.218 e. The van der Waals surface area contributed by atoms with Crippen LogP contribution in [0.4, 0.5) is 0 Å². The predicted octanol–water partition coefficient (Wildman–Crippen LogP) is 4.53. The summed E-state index contributed by atoms with van der Waals surface area (Å²) in [5.74, 6) is 2.18. The Morgan fingerprint density at radius 3 is 1.88 bits per heavy atom. The zero-order valence-corrected chi connectivity index (χ0v) is 18.9. The highest BCUT2D eigenvalue weighted by Gasteiger charge is 2.64. The van der Waals surface area contributed by atoms with E-state index in [-0.39, 0.29) is 18.2 Å². The maximum atomic E-state index is 6.44. The van der Waals surface area contributed by atoms with Gasteiger partial charge in [-0.15, -0.1) is 0 Å². The lowest BCUT2D eigenvalue weighted by Crippen LogP contribution is -2.22. The number of ether oxygens (including phenoxy) is 5. The van der Waals surface area contributed by atoms with E-state index in [0.29, 0.717) is 12.5 Å². The fraction of sp³-hybridized carbons (Fsp3) is 0.296. The molecule has 3 aromatic carbocycles. The van der Waals surface area contributed by atoms with Gasteiger partial charge in [0.1, 0.15) is 23.6 Å². The lowest BCUT2D eigenvalue weighted by atomic mass is 9.87. The first-order valence-corrected chi connectivity index (χ1v) is 10.9. The van der Waals surface area contributed by atoms with E-state index in [1.165, 1.54) is 0 Å². The summed E-state index contributed by atoms with van der Waals surface area (Å²) in [5.41, 5.74) is 2.39. The number of methoxy groups -OCH3 is 3. The van der Waals surface area contributed by atoms with E-state index < -0.39 is 5.60 Å². The first-order chi connectivity index (χ1) is 16.2. The van der Waals surface area contributed by atoms with E-state index in [2.05, 4.69) is 12.1 Å². The van der Waals surface area contributed by atoms with Crippen molar-refractivity contribution in [2.75, 3.05) is 27.9 Å². The summed E-state index contributed by atoms with van der Waals surface area (Å²) in [6.45, 7) is 0.466. The average Bonchev–Trinajstić information content (AvgIpc) is 3.50. The highest BCUT2D eigenvalue weighted by molar-refractivity contribution is 5.88. The first kappa shape index (κ1) is 21.5. The van der Waals surface area contributed by atoms with Gasteiger partial charge in [-0.3, -0.25) is 0 Å². The standard InChI is InChI=1S/C27H27NO5/c1-29-17-23-24(18-7-5-4-6-8-18)32-26(28-23)25-27(33-25,19-9-13-21(30-2)14-10-19)20-11-15-22(31-3)16-12-20/h4-16,23-25H,17H2,1-3H3/t23-,24-,25?/m0/s1. The molecule has 0 radical (unpaired) electrons. The van der Waals surface area contributed by atoms with Gasteiger partial charge in [-0.2, -0.15) is 0 Å². The minimum Gasteiger partial charge on any atom is -0.497 e. The summed E-state index contributed by atoms with van der Waals surface area (Å²) in [4.78, 5) is 4.91. The average molecular weight is 446 g/mol. The third kappa shape index (κ3) is 3.86. The fourth-order valence-corrected chi connectivity index (χ4v) is 4.49. The van der Waals surface area contributed by atoms with Gasteiger partial charge in [0.15, 0.2) is 11.7 Å². The molecule has 0 aromatic heterocycles. The van der Waals surface area contributed by atoms with Crippen molar-refractivity contribution in [3.63, 3.8) is 0 Å². The van der Waals surface area contributed by atoms with Crippen LogP contribution >= 0.6 is 0 Å². The van der Waals surface area contributed by atoms with Gasteiger partial charge in [0.05, 0.1) is 20.8 Å². The second-order valence-electron chi connectivity index (χ2n) is 8.13. The van der Waals surface area contributed by atoms with Crippen LogP contribution in [0.2, 0.25) is 0 Å². The lowest BCUT2D eigenvalue weighted by Gasteiger charge is -2.18. The molecule has 0 aliphatic carbocycles. The molecule has 0 spiro atoms. The molecule has 0 N–H and O–H groups in total. The van der Waals surface area contributed by atoms with Crippen LogP contribution in [0.3, 0.4) is 0 Å². The van der Waals surface area contributed by atoms with Crippen molar-refractivity contribution in [1.82, 2.24) is 0 Å². The van der Waals surface area contributed by atoms with Crippen LogP contribution in [-0.2, 0) is 19.8 Å². The molecule has 2 heterocycles. The number of hydrogen-bond acceptors (Lipinski definition) is 6. The van der Waals surface area contributed by atoms with Gasteiger partial charge < -0.3 is 23.7 Å². The van der Waals surface area contributed by atoms with Crippen molar-refractivity contribution < 1.29 is 23.7 Å². The normalized spacial score (nSPS) is 22.9. The third-order valence-electron chi connectivity index (χ3n) is 6.23. The molecule has 6 nitrogen and oxygen atoms in total. The largest absolute Gasteiger partial charge is 0.497 e. The fourth-order valence-electron chi connectivity index (χ4n) is 4.49. The Morgan fingerprint density at radius 2 is 1.36 bits per heavy atom. The van der Waals surface area contributed by atoms with Crippen LogP contribution in [0.1, 0.15) is 22.8 Å². The van der Waals surface area contributed by atoms with Crippen molar-refractivity contribution in [1.29, 1.82) is 0 Å². The van der Waals surface area contributed by atoms with Gasteiger partial charge in [-0.1, -0.05) is 54.6 Å². The minimum atomic E-state index is -0.694. The summed E-state index contributed by atoms with van der Waals surface area (Å²) in [6, 6.07) is 25.9. The zero-order chi connectivity index (χ0) is 22.8. The Morgan fingerprint density at radius 1 is 0.788 bits per heavy atom. The number of aliphatic imine (C=N–C) groups is 1. The Hall–Kier alpha value is -3.35. The molecular formula is C27H27NO5. The summed E-state index contributed by atoms with van der Waals surface area (Å²) in [5, 5.41) is 0. The van der Waals surface area contributed by atoms with E-state index >= 15 is 0 Å². The zero-order valence-electron chi connectivity index (χ0n) is 18.9.